The van der Waals surface area contributed by atoms with E-state index < -0.39 is 14.8 Å². The van der Waals surface area contributed by atoms with Crippen LogP contribution in [0.5, 0.6) is 0 Å². The largest absolute Gasteiger partial charge is 0.272 e. The molecule has 0 aromatic heterocycles. The van der Waals surface area contributed by atoms with Crippen molar-refractivity contribution >= 4 is 21.6 Å². The molecule has 0 spiro atoms. The molecule has 1 aliphatic heterocycles. The summed E-state index contributed by atoms with van der Waals surface area (Å²) >= 11 is 0. The Balaban J connectivity index is 2.48. The van der Waals surface area contributed by atoms with Crippen LogP contribution in [0.15, 0.2) is 28.8 Å². The first-order valence-corrected chi connectivity index (χ1v) is 6.32. The van der Waals surface area contributed by atoms with Gasteiger partial charge in [0.25, 0.3) is 5.91 Å². The van der Waals surface area contributed by atoms with Crippen LogP contribution >= 0.6 is 0 Å². The maximum Gasteiger partial charge on any atom is 0.250 e. The monoisotopic (exact) mass is 240 g/mol. The molecule has 0 fully saturated rings. The highest BCUT2D eigenvalue weighted by atomic mass is 32.2. The van der Waals surface area contributed by atoms with Crippen LogP contribution in [0.25, 0.3) is 0 Å². The number of hydrogen-bond donors (Lipinski definition) is 1. The van der Waals surface area contributed by atoms with Gasteiger partial charge in [0.15, 0.2) is 0 Å². The van der Waals surface area contributed by atoms with Crippen molar-refractivity contribution < 1.29 is 13.2 Å². The summed E-state index contributed by atoms with van der Waals surface area (Å²) in [5, 5.41) is 0. The fourth-order valence-electron chi connectivity index (χ4n) is 1.79. The van der Waals surface area contributed by atoms with Crippen LogP contribution in [-0.2, 0) is 14.8 Å². The van der Waals surface area contributed by atoms with Gasteiger partial charge < -0.3 is 0 Å². The molecule has 0 saturated carbocycles. The maximum atomic E-state index is 11.8. The predicted molar refractivity (Wildman–Crippen MR) is 60.7 cm³/mol. The number of nitrogens with one attached hydrogen (secondary N) is 1. The molecule has 1 unspecified atom stereocenters. The zero-order valence-corrected chi connectivity index (χ0v) is 9.84. The molecule has 0 radical (unpaired) electrons. The molecule has 1 aliphatic carbocycles. The normalized spacial score (nSPS) is 28.8. The number of aliphatic imine (C=N–C) groups is 1. The first kappa shape index (κ1) is 11.2. The Kier molecular flexibility index (Phi) is 2.36. The second-order valence-electron chi connectivity index (χ2n) is 3.96. The smallest absolute Gasteiger partial charge is 0.250 e. The Bertz CT molecular complexity index is 542. The molecule has 1 atom stereocenters. The number of hydrogen-bond acceptors (Lipinski definition) is 3. The number of carbonyl (C=O) groups is 1. The van der Waals surface area contributed by atoms with Gasteiger partial charge >= 0.3 is 0 Å². The Hall–Kier alpha value is -1.27. The maximum absolute atomic E-state index is 11.8. The van der Waals surface area contributed by atoms with E-state index in [4.69, 9.17) is 0 Å². The second kappa shape index (κ2) is 3.36. The Morgan fingerprint density at radius 2 is 2.19 bits per heavy atom. The van der Waals surface area contributed by atoms with Crippen molar-refractivity contribution in [3.05, 3.63) is 23.8 Å². The molecule has 0 aromatic carbocycles. The Morgan fingerprint density at radius 3 is 2.81 bits per heavy atom. The molecule has 1 N–H and O–H groups in total. The summed E-state index contributed by atoms with van der Waals surface area (Å²) in [7, 11) is -2.09. The van der Waals surface area contributed by atoms with Crippen molar-refractivity contribution in [2.24, 2.45) is 4.99 Å². The number of amides is 1. The van der Waals surface area contributed by atoms with Crippen LogP contribution < -0.4 is 4.72 Å². The van der Waals surface area contributed by atoms with E-state index in [1.54, 1.807) is 25.2 Å². The number of sulfonamides is 1. The topological polar surface area (TPSA) is 75.6 Å². The van der Waals surface area contributed by atoms with Gasteiger partial charge in [-0.3, -0.25) is 4.79 Å². The van der Waals surface area contributed by atoms with E-state index in [0.29, 0.717) is 11.3 Å². The van der Waals surface area contributed by atoms with E-state index in [9.17, 15) is 13.2 Å². The van der Waals surface area contributed by atoms with Crippen LogP contribution in [0.2, 0.25) is 0 Å². The quantitative estimate of drug-likeness (QED) is 0.747. The second-order valence-corrected chi connectivity index (χ2v) is 6.26. The fourth-order valence-corrected chi connectivity index (χ4v) is 2.78. The molecule has 0 aromatic rings. The first-order valence-electron chi connectivity index (χ1n) is 4.84. The van der Waals surface area contributed by atoms with Crippen molar-refractivity contribution in [2.45, 2.75) is 18.1 Å². The lowest BCUT2D eigenvalue weighted by molar-refractivity contribution is -0.116. The summed E-state index contributed by atoms with van der Waals surface area (Å²) in [6.07, 6.45) is 4.91. The van der Waals surface area contributed by atoms with E-state index in [1.807, 2.05) is 0 Å². The summed E-state index contributed by atoms with van der Waals surface area (Å²) in [6.45, 7) is 1.59. The van der Waals surface area contributed by atoms with Crippen molar-refractivity contribution in [1.82, 2.24) is 4.72 Å². The summed E-state index contributed by atoms with van der Waals surface area (Å²) in [5.74, 6) is -0.225. The number of allylic oxidation sites excluding steroid dienone is 1. The van der Waals surface area contributed by atoms with Gasteiger partial charge in [-0.25, -0.2) is 18.1 Å². The van der Waals surface area contributed by atoms with E-state index in [-0.39, 0.29) is 12.3 Å². The third-order valence-electron chi connectivity index (χ3n) is 2.80. The number of nitrogens with zero attached hydrogens (tertiary/aromatic N) is 1. The molecule has 2 rings (SSSR count). The predicted octanol–water partition coefficient (Wildman–Crippen LogP) is 0.162. The molecular weight excluding hydrogens is 228 g/mol. The molecular formula is C10H12N2O3S. The van der Waals surface area contributed by atoms with Gasteiger partial charge in [-0.05, 0) is 25.6 Å². The van der Waals surface area contributed by atoms with Crippen molar-refractivity contribution in [3.8, 4) is 0 Å². The van der Waals surface area contributed by atoms with Gasteiger partial charge in [0.1, 0.15) is 4.75 Å². The molecule has 16 heavy (non-hydrogen) atoms. The molecule has 1 heterocycles. The minimum absolute atomic E-state index is 0.189. The van der Waals surface area contributed by atoms with E-state index in [0.717, 1.165) is 0 Å². The van der Waals surface area contributed by atoms with Crippen molar-refractivity contribution in [3.63, 3.8) is 0 Å². The Labute approximate surface area is 94.0 Å². The minimum atomic E-state index is -3.46. The zero-order chi connectivity index (χ0) is 12.0. The van der Waals surface area contributed by atoms with Gasteiger partial charge in [-0.1, -0.05) is 12.2 Å². The third kappa shape index (κ3) is 1.54. The molecule has 0 bridgehead atoms. The molecule has 0 saturated heterocycles. The summed E-state index contributed by atoms with van der Waals surface area (Å²) in [5.41, 5.74) is 1.27. The van der Waals surface area contributed by atoms with Crippen LogP contribution in [0, 0.1) is 0 Å². The minimum Gasteiger partial charge on any atom is -0.272 e. The van der Waals surface area contributed by atoms with Crippen LogP contribution in [0.3, 0.4) is 0 Å². The lowest BCUT2D eigenvalue weighted by atomic mass is 9.96. The van der Waals surface area contributed by atoms with Gasteiger partial charge in [-0.2, -0.15) is 0 Å². The number of fused-ring (bicyclic) bond motifs is 1. The first-order chi connectivity index (χ1) is 7.38. The van der Waals surface area contributed by atoms with Crippen molar-refractivity contribution in [1.29, 1.82) is 0 Å². The highest BCUT2D eigenvalue weighted by Gasteiger charge is 2.38. The van der Waals surface area contributed by atoms with Gasteiger partial charge in [0.05, 0.1) is 12.1 Å². The van der Waals surface area contributed by atoms with E-state index in [1.165, 1.54) is 7.05 Å². The number of carbonyl (C=O) groups excluding carboxylic acids is 1. The molecule has 1 amide bonds. The molecule has 2 aliphatic rings. The van der Waals surface area contributed by atoms with Crippen molar-refractivity contribution in [2.75, 3.05) is 7.05 Å². The summed E-state index contributed by atoms with van der Waals surface area (Å²) in [6, 6.07) is 0. The third-order valence-corrected chi connectivity index (χ3v) is 4.75. The lowest BCUT2D eigenvalue weighted by Crippen LogP contribution is -2.41. The van der Waals surface area contributed by atoms with Crippen LogP contribution in [0.4, 0.5) is 0 Å². The van der Waals surface area contributed by atoms with Gasteiger partial charge in [-0.15, -0.1) is 0 Å². The molecule has 6 heteroatoms. The Morgan fingerprint density at radius 1 is 1.50 bits per heavy atom. The lowest BCUT2D eigenvalue weighted by Gasteiger charge is -2.25. The van der Waals surface area contributed by atoms with E-state index in [2.05, 4.69) is 9.71 Å². The summed E-state index contributed by atoms with van der Waals surface area (Å²) in [4.78, 5) is 14.9. The van der Waals surface area contributed by atoms with E-state index >= 15 is 0 Å². The number of rotatable bonds is 2. The zero-order valence-electron chi connectivity index (χ0n) is 9.02. The average molecular weight is 240 g/mol. The fraction of sp³-hybridized carbons (Fsp3) is 0.400. The SMILES string of the molecule is CNS(=O)(=O)C1(C)C=CC2=NC(=O)CC2=C1. The standard InChI is InChI=1S/C10H12N2O3S/c1-10(16(14,15)11-2)4-3-8-7(6-10)5-9(13)12-8/h3-4,6,11H,5H2,1-2H3. The molecule has 86 valence electrons. The average Bonchev–Trinajstić information content (AvgIpc) is 2.57. The highest BCUT2D eigenvalue weighted by Crippen LogP contribution is 2.30. The van der Waals surface area contributed by atoms with Crippen LogP contribution in [0.1, 0.15) is 13.3 Å². The highest BCUT2D eigenvalue weighted by molar-refractivity contribution is 7.91. The van der Waals surface area contributed by atoms with Gasteiger partial charge in [0, 0.05) is 0 Å². The van der Waals surface area contributed by atoms with Crippen LogP contribution in [-0.4, -0.2) is 31.8 Å². The molecule has 5 nitrogen and oxygen atoms in total. The van der Waals surface area contributed by atoms with Gasteiger partial charge in [0.2, 0.25) is 10.0 Å². The summed E-state index contributed by atoms with van der Waals surface area (Å²) < 4.78 is 24.8.